The first-order chi connectivity index (χ1) is 13.4. The highest BCUT2D eigenvalue weighted by Gasteiger charge is 2.25. The average molecular weight is 405 g/mol. The van der Waals surface area contributed by atoms with Crippen LogP contribution >= 0.6 is 11.3 Å². The zero-order chi connectivity index (χ0) is 20.3. The van der Waals surface area contributed by atoms with E-state index in [0.717, 1.165) is 12.1 Å². The van der Waals surface area contributed by atoms with Crippen LogP contribution in [-0.4, -0.2) is 21.8 Å². The van der Waals surface area contributed by atoms with Crippen LogP contribution in [-0.2, 0) is 6.42 Å². The molecule has 0 bridgehead atoms. The van der Waals surface area contributed by atoms with Crippen molar-refractivity contribution < 1.29 is 23.1 Å². The minimum atomic E-state index is -2.84. The van der Waals surface area contributed by atoms with Crippen LogP contribution in [0.2, 0.25) is 0 Å². The van der Waals surface area contributed by atoms with Crippen molar-refractivity contribution >= 4 is 33.8 Å². The van der Waals surface area contributed by atoms with Gasteiger partial charge in [0, 0.05) is 29.1 Å². The Balaban J connectivity index is 0.000000320. The first-order valence-corrected chi connectivity index (χ1v) is 8.90. The highest BCUT2D eigenvalue weighted by molar-refractivity contribution is 7.13. The molecule has 4 rings (SSSR count). The lowest BCUT2D eigenvalue weighted by Gasteiger charge is -2.08. The summed E-state index contributed by atoms with van der Waals surface area (Å²) in [6.45, 7) is 0. The number of aromatic carboxylic acids is 1. The Morgan fingerprint density at radius 2 is 2.04 bits per heavy atom. The Hall–Kier alpha value is -3.20. The molecule has 1 aliphatic heterocycles. The van der Waals surface area contributed by atoms with E-state index >= 15 is 0 Å². The lowest BCUT2D eigenvalue weighted by Crippen LogP contribution is -2.06. The first kappa shape index (κ1) is 19.6. The number of nitrogen functional groups attached to an aromatic ring is 1. The maximum atomic E-state index is 13.2. The number of aromatic nitrogens is 1. The van der Waals surface area contributed by atoms with Gasteiger partial charge in [-0.1, -0.05) is 12.1 Å². The second-order valence-corrected chi connectivity index (χ2v) is 6.68. The number of fused-ring (bicyclic) bond motifs is 1. The minimum absolute atomic E-state index is 0.0215. The largest absolute Gasteiger partial charge is 0.478 e. The summed E-state index contributed by atoms with van der Waals surface area (Å²) < 4.78 is 39.3. The maximum absolute atomic E-state index is 13.2. The van der Waals surface area contributed by atoms with Crippen LogP contribution in [0.15, 0.2) is 53.0 Å². The van der Waals surface area contributed by atoms with E-state index < -0.39 is 23.8 Å². The lowest BCUT2D eigenvalue weighted by molar-refractivity contribution is 0.0697. The summed E-state index contributed by atoms with van der Waals surface area (Å²) in [6, 6.07) is 7.81. The zero-order valence-corrected chi connectivity index (χ0v) is 15.1. The van der Waals surface area contributed by atoms with Gasteiger partial charge in [-0.3, -0.25) is 4.99 Å². The number of anilines is 1. The van der Waals surface area contributed by atoms with E-state index in [1.807, 2.05) is 5.38 Å². The molecule has 0 spiro atoms. The number of hydrogen-bond acceptors (Lipinski definition) is 5. The van der Waals surface area contributed by atoms with E-state index in [2.05, 4.69) is 9.98 Å². The Morgan fingerprint density at radius 3 is 2.61 bits per heavy atom. The predicted octanol–water partition coefficient (Wildman–Crippen LogP) is 4.86. The van der Waals surface area contributed by atoms with Gasteiger partial charge in [0.2, 0.25) is 0 Å². The van der Waals surface area contributed by atoms with Gasteiger partial charge < -0.3 is 10.8 Å². The number of para-hydroxylation sites is 1. The normalized spacial score (nSPS) is 12.2. The number of carboxylic acid groups (broad SMARTS) is 1. The zero-order valence-electron chi connectivity index (χ0n) is 14.3. The molecule has 0 amide bonds. The summed E-state index contributed by atoms with van der Waals surface area (Å²) in [5.74, 6) is -1.88. The summed E-state index contributed by atoms with van der Waals surface area (Å²) >= 11 is 1.44. The quantitative estimate of drug-likeness (QED) is 0.651. The van der Waals surface area contributed by atoms with E-state index in [9.17, 15) is 18.0 Å². The lowest BCUT2D eigenvalue weighted by atomic mass is 9.99. The molecule has 3 aromatic rings. The molecular formula is C19H14F3N3O2S. The topological polar surface area (TPSA) is 88.6 Å². The smallest absolute Gasteiger partial charge is 0.337 e. The molecule has 2 aromatic carbocycles. The molecule has 1 aromatic heterocycles. The van der Waals surface area contributed by atoms with Crippen LogP contribution < -0.4 is 5.73 Å². The van der Waals surface area contributed by atoms with Gasteiger partial charge in [-0.05, 0) is 29.8 Å². The number of alkyl halides is 2. The van der Waals surface area contributed by atoms with Crippen molar-refractivity contribution in [2.45, 2.75) is 12.8 Å². The monoisotopic (exact) mass is 405 g/mol. The standard InChI is InChI=1S/C16H10F3NO2.C3H4N2S/c17-9-4-5-10(12(7-9)15(18)19)13-6-8-2-1-3-11(16(21)22)14(8)20-13;4-3-5-1-2-6-3/h1-5,7,15H,6H2,(H,21,22);1-2H,(H2,4,5). The Kier molecular flexibility index (Phi) is 5.74. The van der Waals surface area contributed by atoms with Gasteiger partial charge in [0.15, 0.2) is 5.13 Å². The van der Waals surface area contributed by atoms with E-state index in [4.69, 9.17) is 10.8 Å². The number of thiazole rings is 1. The summed E-state index contributed by atoms with van der Waals surface area (Å²) in [7, 11) is 0. The third-order valence-electron chi connectivity index (χ3n) is 3.97. The predicted molar refractivity (Wildman–Crippen MR) is 101 cm³/mol. The molecule has 0 unspecified atom stereocenters. The number of carboxylic acids is 1. The van der Waals surface area contributed by atoms with Gasteiger partial charge in [-0.25, -0.2) is 22.9 Å². The number of carbonyl (C=O) groups is 1. The second kappa shape index (κ2) is 8.22. The second-order valence-electron chi connectivity index (χ2n) is 5.76. The Labute approximate surface area is 162 Å². The molecule has 0 fully saturated rings. The fraction of sp³-hybridized carbons (Fsp3) is 0.105. The number of aliphatic imine (C=N–C) groups is 1. The maximum Gasteiger partial charge on any atom is 0.337 e. The fourth-order valence-corrected chi connectivity index (χ4v) is 3.14. The van der Waals surface area contributed by atoms with E-state index in [1.54, 1.807) is 18.3 Å². The molecule has 1 aliphatic rings. The summed E-state index contributed by atoms with van der Waals surface area (Å²) in [6.07, 6.45) is -0.919. The number of rotatable bonds is 3. The number of halogens is 3. The van der Waals surface area contributed by atoms with Crippen molar-refractivity contribution in [1.82, 2.24) is 4.98 Å². The van der Waals surface area contributed by atoms with Gasteiger partial charge in [0.05, 0.1) is 17.0 Å². The number of nitrogens with two attached hydrogens (primary N) is 1. The summed E-state index contributed by atoms with van der Waals surface area (Å²) in [4.78, 5) is 19.1. The van der Waals surface area contributed by atoms with Gasteiger partial charge in [-0.2, -0.15) is 0 Å². The van der Waals surface area contributed by atoms with E-state index in [1.165, 1.54) is 23.5 Å². The summed E-state index contributed by atoms with van der Waals surface area (Å²) in [5.41, 5.74) is 6.15. The summed E-state index contributed by atoms with van der Waals surface area (Å²) in [5, 5.41) is 11.6. The number of nitrogens with zero attached hydrogens (tertiary/aromatic N) is 2. The van der Waals surface area contributed by atoms with E-state index in [0.29, 0.717) is 16.4 Å². The molecule has 0 radical (unpaired) electrons. The molecule has 0 aliphatic carbocycles. The van der Waals surface area contributed by atoms with Crippen molar-refractivity contribution in [2.24, 2.45) is 4.99 Å². The minimum Gasteiger partial charge on any atom is -0.478 e. The third-order valence-corrected chi connectivity index (χ3v) is 4.57. The molecule has 0 saturated heterocycles. The van der Waals surface area contributed by atoms with Crippen LogP contribution in [0, 0.1) is 5.82 Å². The molecular weight excluding hydrogens is 391 g/mol. The number of hydrogen-bond donors (Lipinski definition) is 2. The van der Waals surface area contributed by atoms with Crippen molar-refractivity contribution in [3.05, 3.63) is 76.0 Å². The Bertz CT molecular complexity index is 1040. The van der Waals surface area contributed by atoms with Gasteiger partial charge in [-0.15, -0.1) is 11.3 Å². The highest BCUT2D eigenvalue weighted by atomic mass is 32.1. The molecule has 144 valence electrons. The van der Waals surface area contributed by atoms with Crippen molar-refractivity contribution in [1.29, 1.82) is 0 Å². The van der Waals surface area contributed by atoms with Crippen LogP contribution in [0.25, 0.3) is 0 Å². The van der Waals surface area contributed by atoms with Crippen molar-refractivity contribution in [3.8, 4) is 0 Å². The third kappa shape index (κ3) is 4.20. The molecule has 3 N–H and O–H groups in total. The van der Waals surface area contributed by atoms with Crippen molar-refractivity contribution in [2.75, 3.05) is 5.73 Å². The average Bonchev–Trinajstić information content (AvgIpc) is 3.30. The van der Waals surface area contributed by atoms with Gasteiger partial charge in [0.25, 0.3) is 6.43 Å². The number of benzene rings is 2. The van der Waals surface area contributed by atoms with Gasteiger partial charge >= 0.3 is 5.97 Å². The molecule has 9 heteroatoms. The fourth-order valence-electron chi connectivity index (χ4n) is 2.76. The van der Waals surface area contributed by atoms with Gasteiger partial charge in [0.1, 0.15) is 5.82 Å². The van der Waals surface area contributed by atoms with Crippen LogP contribution in [0.3, 0.4) is 0 Å². The van der Waals surface area contributed by atoms with E-state index in [-0.39, 0.29) is 23.2 Å². The Morgan fingerprint density at radius 1 is 1.25 bits per heavy atom. The van der Waals surface area contributed by atoms with Crippen LogP contribution in [0.4, 0.5) is 24.0 Å². The first-order valence-electron chi connectivity index (χ1n) is 8.02. The molecule has 0 atom stereocenters. The van der Waals surface area contributed by atoms with Crippen LogP contribution in [0.1, 0.15) is 33.5 Å². The molecule has 2 heterocycles. The molecule has 0 saturated carbocycles. The SMILES string of the molecule is Nc1nccs1.O=C(O)c1cccc2c1N=C(c1ccc(F)cc1C(F)F)C2. The molecule has 28 heavy (non-hydrogen) atoms. The van der Waals surface area contributed by atoms with Crippen molar-refractivity contribution in [3.63, 3.8) is 0 Å². The molecule has 5 nitrogen and oxygen atoms in total. The highest BCUT2D eigenvalue weighted by Crippen LogP contribution is 2.35. The van der Waals surface area contributed by atoms with Crippen LogP contribution in [0.5, 0.6) is 0 Å².